The zero-order valence-corrected chi connectivity index (χ0v) is 20.2. The molecule has 0 spiro atoms. The maximum absolute atomic E-state index is 6.34. The Morgan fingerprint density at radius 2 is 1.58 bits per heavy atom. The summed E-state index contributed by atoms with van der Waals surface area (Å²) in [6.07, 6.45) is 1.54. The minimum atomic E-state index is 0.363. The number of nitrogens with zero attached hydrogens (tertiary/aromatic N) is 4. The Morgan fingerprint density at radius 1 is 0.879 bits per heavy atom. The van der Waals surface area contributed by atoms with Gasteiger partial charge in [-0.05, 0) is 31.3 Å². The molecule has 1 saturated heterocycles. The van der Waals surface area contributed by atoms with Gasteiger partial charge in [0, 0.05) is 49.7 Å². The van der Waals surface area contributed by atoms with Crippen molar-refractivity contribution >= 4 is 52.0 Å². The average molecular weight is 489 g/mol. The molecule has 0 atom stereocenters. The van der Waals surface area contributed by atoms with Crippen LogP contribution in [0, 0.1) is 0 Å². The van der Waals surface area contributed by atoms with E-state index in [9.17, 15) is 0 Å². The van der Waals surface area contributed by atoms with Gasteiger partial charge in [-0.15, -0.1) is 0 Å². The lowest BCUT2D eigenvalue weighted by Crippen LogP contribution is -2.44. The summed E-state index contributed by atoms with van der Waals surface area (Å²) in [4.78, 5) is 13.6. The van der Waals surface area contributed by atoms with Crippen LogP contribution in [-0.4, -0.2) is 62.3 Å². The lowest BCUT2D eigenvalue weighted by Gasteiger charge is -2.34. The zero-order valence-electron chi connectivity index (χ0n) is 18.7. The van der Waals surface area contributed by atoms with E-state index in [4.69, 9.17) is 32.7 Å². The molecular formula is C23H26Cl2N6O2. The molecule has 0 amide bonds. The second-order valence-electron chi connectivity index (χ2n) is 7.66. The molecule has 0 bridgehead atoms. The number of likely N-dealkylation sites (N-methyl/N-ethyl adjacent to an activating group) is 1. The maximum atomic E-state index is 6.34. The maximum Gasteiger partial charge on any atom is 0.229 e. The van der Waals surface area contributed by atoms with E-state index in [2.05, 4.69) is 49.6 Å². The summed E-state index contributed by atoms with van der Waals surface area (Å²) in [6.45, 7) is 4.19. The highest BCUT2D eigenvalue weighted by atomic mass is 35.5. The van der Waals surface area contributed by atoms with Gasteiger partial charge in [0.05, 0.1) is 31.1 Å². The Morgan fingerprint density at radius 3 is 2.24 bits per heavy atom. The summed E-state index contributed by atoms with van der Waals surface area (Å²) >= 11 is 12.5. The van der Waals surface area contributed by atoms with Gasteiger partial charge in [-0.1, -0.05) is 23.2 Å². The molecular weight excluding hydrogens is 463 g/mol. The number of anilines is 5. The van der Waals surface area contributed by atoms with Crippen LogP contribution in [0.2, 0.25) is 10.0 Å². The number of halogens is 2. The number of hydrogen-bond donors (Lipinski definition) is 2. The molecule has 2 N–H and O–H groups in total. The van der Waals surface area contributed by atoms with Crippen LogP contribution in [0.25, 0.3) is 0 Å². The monoisotopic (exact) mass is 488 g/mol. The summed E-state index contributed by atoms with van der Waals surface area (Å²) in [5.41, 5.74) is 2.70. The number of piperazine rings is 1. The van der Waals surface area contributed by atoms with Crippen LogP contribution < -0.4 is 25.0 Å². The van der Waals surface area contributed by atoms with Crippen molar-refractivity contribution in [3.63, 3.8) is 0 Å². The van der Waals surface area contributed by atoms with Crippen molar-refractivity contribution in [2.45, 2.75) is 0 Å². The van der Waals surface area contributed by atoms with Crippen molar-refractivity contribution in [3.05, 3.63) is 52.6 Å². The zero-order chi connectivity index (χ0) is 23.4. The van der Waals surface area contributed by atoms with Crippen molar-refractivity contribution in [1.82, 2.24) is 14.9 Å². The molecule has 0 saturated carbocycles. The first kappa shape index (κ1) is 23.2. The van der Waals surface area contributed by atoms with E-state index in [1.54, 1.807) is 26.4 Å². The molecule has 1 aromatic heterocycles. The lowest BCUT2D eigenvalue weighted by molar-refractivity contribution is 0.313. The molecule has 2 heterocycles. The van der Waals surface area contributed by atoms with E-state index >= 15 is 0 Å². The summed E-state index contributed by atoms with van der Waals surface area (Å²) in [5.74, 6) is 1.87. The third-order valence-corrected chi connectivity index (χ3v) is 6.03. The SMILES string of the molecule is COc1cc(Nc2nc(Nc3ccc(N4CCN(C)CC4)cc3)ncc2Cl)c(OC)cc1Cl. The van der Waals surface area contributed by atoms with Gasteiger partial charge in [0.25, 0.3) is 0 Å². The highest BCUT2D eigenvalue weighted by molar-refractivity contribution is 6.33. The largest absolute Gasteiger partial charge is 0.495 e. The molecule has 10 heteroatoms. The number of aromatic nitrogens is 2. The number of nitrogens with one attached hydrogen (secondary N) is 2. The van der Waals surface area contributed by atoms with Gasteiger partial charge in [0.2, 0.25) is 5.95 Å². The molecule has 3 aromatic rings. The summed E-state index contributed by atoms with van der Waals surface area (Å²) in [6, 6.07) is 11.6. The van der Waals surface area contributed by atoms with Crippen molar-refractivity contribution in [3.8, 4) is 11.5 Å². The van der Waals surface area contributed by atoms with Gasteiger partial charge in [-0.2, -0.15) is 4.98 Å². The van der Waals surface area contributed by atoms with Gasteiger partial charge in [0.1, 0.15) is 16.5 Å². The van der Waals surface area contributed by atoms with Gasteiger partial charge in [0.15, 0.2) is 5.82 Å². The minimum absolute atomic E-state index is 0.363. The van der Waals surface area contributed by atoms with Gasteiger partial charge in [-0.25, -0.2) is 4.98 Å². The van der Waals surface area contributed by atoms with Gasteiger partial charge >= 0.3 is 0 Å². The van der Waals surface area contributed by atoms with E-state index in [0.29, 0.717) is 39.0 Å². The molecule has 1 fully saturated rings. The Labute approximate surface area is 203 Å². The molecule has 1 aliphatic rings. The van der Waals surface area contributed by atoms with Crippen LogP contribution in [0.1, 0.15) is 0 Å². The van der Waals surface area contributed by atoms with E-state index in [0.717, 1.165) is 31.9 Å². The minimum Gasteiger partial charge on any atom is -0.495 e. The second-order valence-corrected chi connectivity index (χ2v) is 8.48. The molecule has 33 heavy (non-hydrogen) atoms. The smallest absolute Gasteiger partial charge is 0.229 e. The highest BCUT2D eigenvalue weighted by Gasteiger charge is 2.15. The Hall–Kier alpha value is -2.94. The highest BCUT2D eigenvalue weighted by Crippen LogP contribution is 2.38. The molecule has 4 rings (SSSR count). The first-order valence-electron chi connectivity index (χ1n) is 10.5. The number of rotatable bonds is 7. The number of ether oxygens (including phenoxy) is 2. The third-order valence-electron chi connectivity index (χ3n) is 5.46. The molecule has 0 unspecified atom stereocenters. The van der Waals surface area contributed by atoms with Gasteiger partial charge in [-0.3, -0.25) is 0 Å². The predicted octanol–water partition coefficient (Wildman–Crippen LogP) is 5.04. The van der Waals surface area contributed by atoms with Crippen LogP contribution in [0.15, 0.2) is 42.6 Å². The van der Waals surface area contributed by atoms with Crippen LogP contribution in [-0.2, 0) is 0 Å². The van der Waals surface area contributed by atoms with Crippen LogP contribution in [0.5, 0.6) is 11.5 Å². The second kappa shape index (κ2) is 10.3. The fourth-order valence-electron chi connectivity index (χ4n) is 3.55. The topological polar surface area (TPSA) is 74.8 Å². The third kappa shape index (κ3) is 5.52. The first-order valence-corrected chi connectivity index (χ1v) is 11.2. The van der Waals surface area contributed by atoms with Crippen LogP contribution in [0.3, 0.4) is 0 Å². The van der Waals surface area contributed by atoms with E-state index in [1.807, 2.05) is 12.1 Å². The van der Waals surface area contributed by atoms with Crippen molar-refractivity contribution in [1.29, 1.82) is 0 Å². The number of methoxy groups -OCH3 is 2. The Balaban J connectivity index is 1.50. The fraction of sp³-hybridized carbons (Fsp3) is 0.304. The lowest BCUT2D eigenvalue weighted by atomic mass is 10.2. The first-order chi connectivity index (χ1) is 16.0. The molecule has 1 aliphatic heterocycles. The van der Waals surface area contributed by atoms with E-state index in [-0.39, 0.29) is 0 Å². The number of hydrogen-bond acceptors (Lipinski definition) is 8. The normalized spacial score (nSPS) is 14.2. The molecule has 8 nitrogen and oxygen atoms in total. The van der Waals surface area contributed by atoms with Crippen molar-refractivity contribution < 1.29 is 9.47 Å². The summed E-state index contributed by atoms with van der Waals surface area (Å²) < 4.78 is 10.7. The van der Waals surface area contributed by atoms with E-state index in [1.165, 1.54) is 11.9 Å². The standard InChI is InChI=1S/C23H26Cl2N6O2/c1-30-8-10-31(11-9-30)16-6-4-15(5-7-16)27-23-26-14-18(25)22(29-23)28-19-13-20(32-2)17(24)12-21(19)33-3/h4-7,12-14H,8-11H2,1-3H3,(H2,26,27,28,29). The molecule has 0 aliphatic carbocycles. The molecule has 174 valence electrons. The predicted molar refractivity (Wildman–Crippen MR) is 134 cm³/mol. The molecule has 0 radical (unpaired) electrons. The Kier molecular flexibility index (Phi) is 7.27. The fourth-order valence-corrected chi connectivity index (χ4v) is 3.92. The average Bonchev–Trinajstić information content (AvgIpc) is 2.83. The molecule has 2 aromatic carbocycles. The van der Waals surface area contributed by atoms with Crippen LogP contribution in [0.4, 0.5) is 28.8 Å². The van der Waals surface area contributed by atoms with Crippen molar-refractivity contribution in [2.24, 2.45) is 0 Å². The van der Waals surface area contributed by atoms with Crippen LogP contribution >= 0.6 is 23.2 Å². The van der Waals surface area contributed by atoms with Gasteiger partial charge < -0.3 is 29.9 Å². The van der Waals surface area contributed by atoms with E-state index < -0.39 is 0 Å². The summed E-state index contributed by atoms with van der Waals surface area (Å²) in [7, 11) is 5.26. The summed E-state index contributed by atoms with van der Waals surface area (Å²) in [5, 5.41) is 7.21. The Bertz CT molecular complexity index is 1100. The van der Waals surface area contributed by atoms with Crippen molar-refractivity contribution in [2.75, 3.05) is 63.0 Å². The number of benzene rings is 2. The quantitative estimate of drug-likeness (QED) is 0.478.